The van der Waals surface area contributed by atoms with E-state index in [2.05, 4.69) is 25.5 Å². The number of rotatable bonds is 6. The summed E-state index contributed by atoms with van der Waals surface area (Å²) in [4.78, 5) is 9.90. The van der Waals surface area contributed by atoms with E-state index in [4.69, 9.17) is 0 Å². The van der Waals surface area contributed by atoms with Crippen LogP contribution in [0.25, 0.3) is 0 Å². The molecule has 6 nitrogen and oxygen atoms in total. The molecule has 0 radical (unpaired) electrons. The first-order valence-electron chi connectivity index (χ1n) is 6.05. The van der Waals surface area contributed by atoms with E-state index >= 15 is 0 Å². The lowest BCUT2D eigenvalue weighted by Gasteiger charge is -2.05. The van der Waals surface area contributed by atoms with Crippen molar-refractivity contribution in [2.75, 3.05) is 30.9 Å². The van der Waals surface area contributed by atoms with E-state index in [0.717, 1.165) is 29.9 Å². The van der Waals surface area contributed by atoms with Crippen LogP contribution in [0.4, 0.5) is 15.5 Å². The van der Waals surface area contributed by atoms with Crippen molar-refractivity contribution in [2.24, 2.45) is 0 Å². The van der Waals surface area contributed by atoms with Crippen molar-refractivity contribution in [1.29, 1.82) is 0 Å². The van der Waals surface area contributed by atoms with E-state index in [1.807, 2.05) is 25.9 Å². The topological polar surface area (TPSA) is 66.8 Å². The predicted octanol–water partition coefficient (Wildman–Crippen LogP) is 2.51. The molecule has 0 spiro atoms. The Labute approximate surface area is 124 Å². The first-order valence-corrected chi connectivity index (χ1v) is 7.68. The summed E-state index contributed by atoms with van der Waals surface area (Å²) in [5.74, 6) is -0.0354. The number of hydrogen-bond acceptors (Lipinski definition) is 8. The quantitative estimate of drug-likeness (QED) is 0.822. The Morgan fingerprint density at radius 3 is 2.85 bits per heavy atom. The third-order valence-electron chi connectivity index (χ3n) is 2.21. The number of nitrogens with zero attached hydrogens (tertiary/aromatic N) is 5. The number of nitrogens with one attached hydrogen (secondary N) is 1. The van der Waals surface area contributed by atoms with Gasteiger partial charge in [-0.05, 0) is 18.2 Å². The molecule has 0 saturated heterocycles. The molecule has 2 rings (SSSR count). The zero-order valence-corrected chi connectivity index (χ0v) is 13.1. The summed E-state index contributed by atoms with van der Waals surface area (Å²) in [6, 6.07) is 0. The molecule has 0 amide bonds. The minimum Gasteiger partial charge on any atom is -0.354 e. The van der Waals surface area contributed by atoms with Gasteiger partial charge in [0, 0.05) is 20.6 Å². The summed E-state index contributed by atoms with van der Waals surface area (Å²) < 4.78 is 14.4. The van der Waals surface area contributed by atoms with Crippen LogP contribution in [0.3, 0.4) is 0 Å². The van der Waals surface area contributed by atoms with Gasteiger partial charge in [-0.1, -0.05) is 18.3 Å². The van der Waals surface area contributed by atoms with Gasteiger partial charge in [-0.3, -0.25) is 0 Å². The molecule has 2 aromatic heterocycles. The Balaban J connectivity index is 2.14. The Bertz CT molecular complexity index is 574. The van der Waals surface area contributed by atoms with Crippen LogP contribution in [0.1, 0.15) is 13.3 Å². The fourth-order valence-corrected chi connectivity index (χ4v) is 2.91. The van der Waals surface area contributed by atoms with Gasteiger partial charge in [0.15, 0.2) is 10.2 Å². The fraction of sp³-hybridized carbons (Fsp3) is 0.455. The molecule has 0 aliphatic carbocycles. The number of halogens is 1. The van der Waals surface area contributed by atoms with E-state index in [0.29, 0.717) is 10.3 Å². The first kappa shape index (κ1) is 14.9. The molecule has 0 bridgehead atoms. The average Bonchev–Trinajstić information content (AvgIpc) is 2.88. The van der Waals surface area contributed by atoms with Gasteiger partial charge in [-0.25, -0.2) is 14.4 Å². The highest BCUT2D eigenvalue weighted by atomic mass is 32.2. The first-order chi connectivity index (χ1) is 9.60. The van der Waals surface area contributed by atoms with E-state index in [-0.39, 0.29) is 5.03 Å². The van der Waals surface area contributed by atoms with Gasteiger partial charge in [-0.2, -0.15) is 0 Å². The van der Waals surface area contributed by atoms with Crippen molar-refractivity contribution in [3.05, 3.63) is 12.0 Å². The molecular weight excluding hydrogens is 299 g/mol. The van der Waals surface area contributed by atoms with Crippen LogP contribution in [-0.2, 0) is 0 Å². The lowest BCUT2D eigenvalue weighted by atomic mass is 10.5. The van der Waals surface area contributed by atoms with Crippen LogP contribution in [-0.4, -0.2) is 40.8 Å². The standard InChI is InChI=1S/C11H15FN6S2/c1-4-5-13-9-14-6-7(12)8(15-9)19-11-17-16-10(20-11)18(2)3/h6H,4-5H2,1-3H3,(H,13,14,15). The maximum Gasteiger partial charge on any atom is 0.223 e. The molecular formula is C11H15FN6S2. The van der Waals surface area contributed by atoms with Crippen LogP contribution < -0.4 is 10.2 Å². The Hall–Kier alpha value is -1.48. The number of anilines is 2. The van der Waals surface area contributed by atoms with Crippen molar-refractivity contribution in [3.8, 4) is 0 Å². The molecule has 108 valence electrons. The van der Waals surface area contributed by atoms with Gasteiger partial charge in [0.1, 0.15) is 5.03 Å². The third kappa shape index (κ3) is 3.76. The zero-order chi connectivity index (χ0) is 14.5. The molecule has 0 saturated carbocycles. The maximum atomic E-state index is 13.7. The second kappa shape index (κ2) is 6.80. The summed E-state index contributed by atoms with van der Waals surface area (Å²) in [6.45, 7) is 2.79. The highest BCUT2D eigenvalue weighted by Crippen LogP contribution is 2.33. The molecule has 2 heterocycles. The molecule has 2 aromatic rings. The molecule has 0 aliphatic heterocycles. The Morgan fingerprint density at radius 1 is 1.40 bits per heavy atom. The summed E-state index contributed by atoms with van der Waals surface area (Å²) in [7, 11) is 3.76. The van der Waals surface area contributed by atoms with Gasteiger partial charge in [0.25, 0.3) is 0 Å². The summed E-state index contributed by atoms with van der Waals surface area (Å²) in [5.41, 5.74) is 0. The minimum atomic E-state index is -0.460. The maximum absolute atomic E-state index is 13.7. The number of hydrogen-bond donors (Lipinski definition) is 1. The van der Waals surface area contributed by atoms with Gasteiger partial charge in [0.2, 0.25) is 11.1 Å². The molecule has 0 fully saturated rings. The van der Waals surface area contributed by atoms with Gasteiger partial charge < -0.3 is 10.2 Å². The second-order valence-electron chi connectivity index (χ2n) is 4.12. The monoisotopic (exact) mass is 314 g/mol. The summed E-state index contributed by atoms with van der Waals surface area (Å²) in [5, 5.41) is 12.1. The number of aromatic nitrogens is 4. The largest absolute Gasteiger partial charge is 0.354 e. The lowest BCUT2D eigenvalue weighted by Crippen LogP contribution is -2.07. The molecule has 0 atom stereocenters. The van der Waals surface area contributed by atoms with Crippen molar-refractivity contribution in [2.45, 2.75) is 22.7 Å². The van der Waals surface area contributed by atoms with Crippen LogP contribution in [0.15, 0.2) is 15.6 Å². The smallest absolute Gasteiger partial charge is 0.223 e. The van der Waals surface area contributed by atoms with Crippen LogP contribution in [0, 0.1) is 5.82 Å². The van der Waals surface area contributed by atoms with Crippen molar-refractivity contribution in [1.82, 2.24) is 20.2 Å². The van der Waals surface area contributed by atoms with Gasteiger partial charge in [-0.15, -0.1) is 10.2 Å². The molecule has 0 aromatic carbocycles. The molecule has 0 aliphatic rings. The van der Waals surface area contributed by atoms with E-state index in [1.165, 1.54) is 17.5 Å². The minimum absolute atomic E-state index is 0.250. The van der Waals surface area contributed by atoms with Gasteiger partial charge >= 0.3 is 0 Å². The molecule has 9 heteroatoms. The second-order valence-corrected chi connectivity index (χ2v) is 6.31. The van der Waals surface area contributed by atoms with E-state index in [1.54, 1.807) is 0 Å². The summed E-state index contributed by atoms with van der Waals surface area (Å²) in [6.07, 6.45) is 2.12. The van der Waals surface area contributed by atoms with E-state index in [9.17, 15) is 4.39 Å². The molecule has 1 N–H and O–H groups in total. The van der Waals surface area contributed by atoms with Crippen LogP contribution in [0.5, 0.6) is 0 Å². The highest BCUT2D eigenvalue weighted by molar-refractivity contribution is 8.01. The SMILES string of the molecule is CCCNc1ncc(F)c(Sc2nnc(N(C)C)s2)n1. The summed E-state index contributed by atoms with van der Waals surface area (Å²) >= 11 is 2.54. The van der Waals surface area contributed by atoms with Crippen molar-refractivity contribution < 1.29 is 4.39 Å². The normalized spacial score (nSPS) is 10.6. The lowest BCUT2D eigenvalue weighted by molar-refractivity contribution is 0.579. The van der Waals surface area contributed by atoms with Crippen LogP contribution >= 0.6 is 23.1 Å². The van der Waals surface area contributed by atoms with E-state index < -0.39 is 5.82 Å². The molecule has 20 heavy (non-hydrogen) atoms. The highest BCUT2D eigenvalue weighted by Gasteiger charge is 2.13. The fourth-order valence-electron chi connectivity index (χ4n) is 1.25. The third-order valence-corrected chi connectivity index (χ3v) is 4.33. The molecule has 0 unspecified atom stereocenters. The zero-order valence-electron chi connectivity index (χ0n) is 11.4. The van der Waals surface area contributed by atoms with Gasteiger partial charge in [0.05, 0.1) is 6.20 Å². The Kier molecular flexibility index (Phi) is 5.07. The van der Waals surface area contributed by atoms with Crippen molar-refractivity contribution in [3.63, 3.8) is 0 Å². The Morgan fingerprint density at radius 2 is 2.20 bits per heavy atom. The van der Waals surface area contributed by atoms with Crippen LogP contribution in [0.2, 0.25) is 0 Å². The average molecular weight is 314 g/mol. The predicted molar refractivity (Wildman–Crippen MR) is 79.1 cm³/mol. The van der Waals surface area contributed by atoms with Crippen molar-refractivity contribution >= 4 is 34.2 Å².